The second kappa shape index (κ2) is 9.59. The standard InChI is InChI=1S/C19H29N5O.ClH/c1-13(2)17-16(19(23(4)5)24(6)22-17)12-21-11-14-8-7-9-15(10-14)18(25)20-3;/h7-10,13,21H,11-12H2,1-6H3,(H,20,25);1H. The number of nitrogens with one attached hydrogen (secondary N) is 2. The molecule has 0 aliphatic rings. The highest BCUT2D eigenvalue weighted by molar-refractivity contribution is 5.94. The fourth-order valence-electron chi connectivity index (χ4n) is 3.07. The van der Waals surface area contributed by atoms with Crippen molar-refractivity contribution in [3.05, 3.63) is 46.6 Å². The van der Waals surface area contributed by atoms with Crippen molar-refractivity contribution in [2.75, 3.05) is 26.0 Å². The lowest BCUT2D eigenvalue weighted by Gasteiger charge is -2.16. The van der Waals surface area contributed by atoms with Gasteiger partial charge in [0.15, 0.2) is 0 Å². The minimum absolute atomic E-state index is 0. The number of carbonyl (C=O) groups is 1. The Balaban J connectivity index is 0.00000338. The monoisotopic (exact) mass is 379 g/mol. The highest BCUT2D eigenvalue weighted by Crippen LogP contribution is 2.27. The van der Waals surface area contributed by atoms with Crippen molar-refractivity contribution in [1.29, 1.82) is 0 Å². The minimum Gasteiger partial charge on any atom is -0.363 e. The third kappa shape index (κ3) is 4.99. The molecule has 6 nitrogen and oxygen atoms in total. The van der Waals surface area contributed by atoms with Crippen LogP contribution in [0.1, 0.15) is 46.9 Å². The van der Waals surface area contributed by atoms with E-state index in [2.05, 4.69) is 34.5 Å². The third-order valence-corrected chi connectivity index (χ3v) is 4.16. The lowest BCUT2D eigenvalue weighted by molar-refractivity contribution is 0.0963. The Kier molecular flexibility index (Phi) is 8.11. The van der Waals surface area contributed by atoms with E-state index in [9.17, 15) is 4.79 Å². The van der Waals surface area contributed by atoms with Gasteiger partial charge in [0, 0.05) is 52.4 Å². The molecule has 0 bridgehead atoms. The van der Waals surface area contributed by atoms with Gasteiger partial charge in [-0.3, -0.25) is 9.48 Å². The molecule has 0 unspecified atom stereocenters. The van der Waals surface area contributed by atoms with Gasteiger partial charge in [0.05, 0.1) is 5.69 Å². The van der Waals surface area contributed by atoms with Crippen LogP contribution in [0.2, 0.25) is 0 Å². The van der Waals surface area contributed by atoms with Crippen LogP contribution in [0.15, 0.2) is 24.3 Å². The van der Waals surface area contributed by atoms with Crippen molar-refractivity contribution >= 4 is 24.1 Å². The van der Waals surface area contributed by atoms with Gasteiger partial charge in [0.2, 0.25) is 0 Å². The summed E-state index contributed by atoms with van der Waals surface area (Å²) in [5.41, 5.74) is 4.12. The van der Waals surface area contributed by atoms with Gasteiger partial charge < -0.3 is 15.5 Å². The smallest absolute Gasteiger partial charge is 0.251 e. The van der Waals surface area contributed by atoms with Crippen molar-refractivity contribution in [2.45, 2.75) is 32.9 Å². The Morgan fingerprint density at radius 3 is 2.54 bits per heavy atom. The van der Waals surface area contributed by atoms with Crippen molar-refractivity contribution in [3.63, 3.8) is 0 Å². The van der Waals surface area contributed by atoms with Crippen molar-refractivity contribution in [1.82, 2.24) is 20.4 Å². The highest BCUT2D eigenvalue weighted by atomic mass is 35.5. The number of nitrogens with zero attached hydrogens (tertiary/aromatic N) is 3. The number of carbonyl (C=O) groups excluding carboxylic acids is 1. The van der Waals surface area contributed by atoms with E-state index in [1.165, 1.54) is 5.56 Å². The lowest BCUT2D eigenvalue weighted by atomic mass is 10.0. The number of aryl methyl sites for hydroxylation is 1. The van der Waals surface area contributed by atoms with E-state index < -0.39 is 0 Å². The van der Waals surface area contributed by atoms with Gasteiger partial charge in [-0.2, -0.15) is 5.10 Å². The maximum atomic E-state index is 11.8. The van der Waals surface area contributed by atoms with E-state index in [1.54, 1.807) is 7.05 Å². The quantitative estimate of drug-likeness (QED) is 0.776. The number of amides is 1. The Labute approximate surface area is 162 Å². The molecule has 1 aromatic heterocycles. The van der Waals surface area contributed by atoms with Gasteiger partial charge in [-0.1, -0.05) is 26.0 Å². The minimum atomic E-state index is -0.0638. The Bertz CT molecular complexity index is 740. The van der Waals surface area contributed by atoms with Gasteiger partial charge >= 0.3 is 0 Å². The van der Waals surface area contributed by atoms with Crippen LogP contribution in [0.25, 0.3) is 0 Å². The summed E-state index contributed by atoms with van der Waals surface area (Å²) in [5, 5.41) is 10.8. The molecule has 7 heteroatoms. The zero-order valence-corrected chi connectivity index (χ0v) is 17.3. The molecule has 0 atom stereocenters. The van der Waals surface area contributed by atoms with Crippen molar-refractivity contribution < 1.29 is 4.79 Å². The molecule has 0 spiro atoms. The lowest BCUT2D eigenvalue weighted by Crippen LogP contribution is -2.20. The molecule has 144 valence electrons. The van der Waals surface area contributed by atoms with Crippen LogP contribution in [0.3, 0.4) is 0 Å². The average Bonchev–Trinajstić information content (AvgIpc) is 2.91. The summed E-state index contributed by atoms with van der Waals surface area (Å²) in [7, 11) is 7.71. The summed E-state index contributed by atoms with van der Waals surface area (Å²) < 4.78 is 1.94. The number of hydrogen-bond donors (Lipinski definition) is 2. The molecular formula is C19H30ClN5O. The number of halogens is 1. The maximum absolute atomic E-state index is 11.8. The first kappa shape index (κ1) is 22.0. The van der Waals surface area contributed by atoms with E-state index in [0.29, 0.717) is 18.0 Å². The average molecular weight is 380 g/mol. The topological polar surface area (TPSA) is 62.2 Å². The van der Waals surface area contributed by atoms with Gasteiger partial charge in [0.1, 0.15) is 5.82 Å². The number of rotatable bonds is 7. The van der Waals surface area contributed by atoms with E-state index in [1.807, 2.05) is 50.1 Å². The second-order valence-electron chi connectivity index (χ2n) is 6.74. The summed E-state index contributed by atoms with van der Waals surface area (Å²) in [6.07, 6.45) is 0. The van der Waals surface area contributed by atoms with Crippen LogP contribution < -0.4 is 15.5 Å². The molecular weight excluding hydrogens is 350 g/mol. The number of anilines is 1. The van der Waals surface area contributed by atoms with Crippen molar-refractivity contribution in [3.8, 4) is 0 Å². The van der Waals surface area contributed by atoms with Gasteiger partial charge in [-0.15, -0.1) is 12.4 Å². The largest absolute Gasteiger partial charge is 0.363 e. The number of benzene rings is 1. The molecule has 2 N–H and O–H groups in total. The van der Waals surface area contributed by atoms with E-state index in [-0.39, 0.29) is 18.3 Å². The molecule has 1 amide bonds. The van der Waals surface area contributed by atoms with Crippen molar-refractivity contribution in [2.24, 2.45) is 7.05 Å². The molecule has 1 heterocycles. The van der Waals surface area contributed by atoms with Crippen LogP contribution in [0, 0.1) is 0 Å². The van der Waals surface area contributed by atoms with Gasteiger partial charge in [0.25, 0.3) is 5.91 Å². The Morgan fingerprint density at radius 2 is 1.96 bits per heavy atom. The summed E-state index contributed by atoms with van der Waals surface area (Å²) in [6, 6.07) is 7.69. The van der Waals surface area contributed by atoms with E-state index >= 15 is 0 Å². The Morgan fingerprint density at radius 1 is 1.27 bits per heavy atom. The molecule has 2 rings (SSSR count). The number of aromatic nitrogens is 2. The molecule has 0 saturated heterocycles. The molecule has 2 aromatic rings. The first-order valence-corrected chi connectivity index (χ1v) is 8.60. The highest BCUT2D eigenvalue weighted by Gasteiger charge is 2.19. The zero-order chi connectivity index (χ0) is 18.6. The normalized spacial score (nSPS) is 10.6. The Hall–Kier alpha value is -2.05. The molecule has 0 aliphatic heterocycles. The van der Waals surface area contributed by atoms with Crippen LogP contribution in [0.5, 0.6) is 0 Å². The van der Waals surface area contributed by atoms with Crippen LogP contribution >= 0.6 is 12.4 Å². The molecule has 0 aliphatic carbocycles. The fraction of sp³-hybridized carbons (Fsp3) is 0.474. The fourth-order valence-corrected chi connectivity index (χ4v) is 3.07. The SMILES string of the molecule is CNC(=O)c1cccc(CNCc2c(C(C)C)nn(C)c2N(C)C)c1.Cl. The predicted octanol–water partition coefficient (Wildman–Crippen LogP) is 2.68. The zero-order valence-electron chi connectivity index (χ0n) is 16.5. The summed E-state index contributed by atoms with van der Waals surface area (Å²) in [5.74, 6) is 1.43. The summed E-state index contributed by atoms with van der Waals surface area (Å²) in [4.78, 5) is 13.9. The van der Waals surface area contributed by atoms with Crippen LogP contribution in [-0.4, -0.2) is 36.8 Å². The van der Waals surface area contributed by atoms with Gasteiger partial charge in [-0.05, 0) is 23.6 Å². The first-order valence-electron chi connectivity index (χ1n) is 8.60. The molecule has 0 fully saturated rings. The first-order chi connectivity index (χ1) is 11.8. The molecule has 0 radical (unpaired) electrons. The molecule has 26 heavy (non-hydrogen) atoms. The summed E-state index contributed by atoms with van der Waals surface area (Å²) in [6.45, 7) is 5.76. The van der Waals surface area contributed by atoms with Gasteiger partial charge in [-0.25, -0.2) is 0 Å². The van der Waals surface area contributed by atoms with E-state index in [0.717, 1.165) is 23.6 Å². The number of hydrogen-bond acceptors (Lipinski definition) is 4. The second-order valence-corrected chi connectivity index (χ2v) is 6.74. The predicted molar refractivity (Wildman–Crippen MR) is 109 cm³/mol. The summed E-state index contributed by atoms with van der Waals surface area (Å²) >= 11 is 0. The molecule has 1 aromatic carbocycles. The third-order valence-electron chi connectivity index (χ3n) is 4.16. The van der Waals surface area contributed by atoms with Crippen LogP contribution in [-0.2, 0) is 20.1 Å². The molecule has 0 saturated carbocycles. The van der Waals surface area contributed by atoms with E-state index in [4.69, 9.17) is 0 Å². The van der Waals surface area contributed by atoms with Crippen LogP contribution in [0.4, 0.5) is 5.82 Å². The maximum Gasteiger partial charge on any atom is 0.251 e.